The molecule has 0 bridgehead atoms. The Bertz CT molecular complexity index is 393. The van der Waals surface area contributed by atoms with Gasteiger partial charge in [-0.25, -0.2) is 4.68 Å². The van der Waals surface area contributed by atoms with Crippen LogP contribution in [0.5, 0.6) is 0 Å². The molecule has 1 aliphatic rings. The second-order valence-electron chi connectivity index (χ2n) is 4.89. The van der Waals surface area contributed by atoms with Crippen molar-refractivity contribution < 1.29 is 4.79 Å². The molecule has 0 unspecified atom stereocenters. The molecular weight excluding hydrogens is 204 g/mol. The number of aromatic nitrogens is 3. The minimum atomic E-state index is -0.461. The Labute approximate surface area is 95.0 Å². The standard InChI is InChI=1S/C11H18N4O/c1-7(2)6-15-10(8-4-3-5-8)9(11(12)16)13-14-15/h7-8H,3-6H2,1-2H3,(H2,12,16). The van der Waals surface area contributed by atoms with Crippen LogP contribution in [0, 0.1) is 5.92 Å². The number of carbonyl (C=O) groups is 1. The monoisotopic (exact) mass is 222 g/mol. The SMILES string of the molecule is CC(C)Cn1nnc(C(N)=O)c1C1CCC1. The minimum absolute atomic E-state index is 0.366. The van der Waals surface area contributed by atoms with Gasteiger partial charge in [-0.2, -0.15) is 0 Å². The summed E-state index contributed by atoms with van der Waals surface area (Å²) in [5.41, 5.74) is 6.64. The van der Waals surface area contributed by atoms with Gasteiger partial charge in [-0.05, 0) is 18.8 Å². The van der Waals surface area contributed by atoms with E-state index in [4.69, 9.17) is 5.73 Å². The number of hydrogen-bond donors (Lipinski definition) is 1. The molecule has 2 N–H and O–H groups in total. The third-order valence-corrected chi connectivity index (χ3v) is 3.04. The van der Waals surface area contributed by atoms with Crippen molar-refractivity contribution >= 4 is 5.91 Å². The van der Waals surface area contributed by atoms with Crippen LogP contribution >= 0.6 is 0 Å². The molecule has 5 nitrogen and oxygen atoms in total. The van der Waals surface area contributed by atoms with Crippen molar-refractivity contribution in [1.82, 2.24) is 15.0 Å². The van der Waals surface area contributed by atoms with Crippen molar-refractivity contribution in [2.24, 2.45) is 11.7 Å². The normalized spacial score (nSPS) is 16.4. The smallest absolute Gasteiger partial charge is 0.271 e. The summed E-state index contributed by atoms with van der Waals surface area (Å²) in [4.78, 5) is 11.3. The molecule has 1 heterocycles. The zero-order chi connectivity index (χ0) is 11.7. The molecule has 1 aliphatic carbocycles. The fraction of sp³-hybridized carbons (Fsp3) is 0.727. The topological polar surface area (TPSA) is 73.8 Å². The molecule has 0 atom stereocenters. The predicted molar refractivity (Wildman–Crippen MR) is 60.0 cm³/mol. The van der Waals surface area contributed by atoms with E-state index in [0.29, 0.717) is 17.5 Å². The predicted octanol–water partition coefficient (Wildman–Crippen LogP) is 1.30. The molecular formula is C11H18N4O. The fourth-order valence-electron chi connectivity index (χ4n) is 2.06. The maximum absolute atomic E-state index is 11.3. The lowest BCUT2D eigenvalue weighted by molar-refractivity contribution is 0.0993. The van der Waals surface area contributed by atoms with E-state index in [1.165, 1.54) is 6.42 Å². The van der Waals surface area contributed by atoms with Crippen LogP contribution in [0.3, 0.4) is 0 Å². The van der Waals surface area contributed by atoms with E-state index in [9.17, 15) is 4.79 Å². The van der Waals surface area contributed by atoms with Crippen LogP contribution in [0.1, 0.15) is 55.2 Å². The Hall–Kier alpha value is -1.39. The lowest BCUT2D eigenvalue weighted by Crippen LogP contribution is -2.22. The van der Waals surface area contributed by atoms with Crippen molar-refractivity contribution in [3.8, 4) is 0 Å². The first-order valence-corrected chi connectivity index (χ1v) is 5.82. The van der Waals surface area contributed by atoms with Crippen LogP contribution in [0.4, 0.5) is 0 Å². The average molecular weight is 222 g/mol. The maximum atomic E-state index is 11.3. The molecule has 1 fully saturated rings. The molecule has 88 valence electrons. The molecule has 0 spiro atoms. The number of carbonyl (C=O) groups excluding carboxylic acids is 1. The van der Waals surface area contributed by atoms with Crippen LogP contribution in [0.25, 0.3) is 0 Å². The van der Waals surface area contributed by atoms with Crippen LogP contribution in [0.15, 0.2) is 0 Å². The van der Waals surface area contributed by atoms with Crippen LogP contribution in [-0.4, -0.2) is 20.9 Å². The number of rotatable bonds is 4. The molecule has 2 rings (SSSR count). The Kier molecular flexibility index (Phi) is 2.94. The zero-order valence-corrected chi connectivity index (χ0v) is 9.81. The Morgan fingerprint density at radius 2 is 2.25 bits per heavy atom. The summed E-state index contributed by atoms with van der Waals surface area (Å²) in [5.74, 6) is 0.453. The molecule has 1 aromatic heterocycles. The quantitative estimate of drug-likeness (QED) is 0.834. The van der Waals surface area contributed by atoms with E-state index in [0.717, 1.165) is 25.1 Å². The summed E-state index contributed by atoms with van der Waals surface area (Å²) < 4.78 is 1.86. The highest BCUT2D eigenvalue weighted by atomic mass is 16.1. The second kappa shape index (κ2) is 4.23. The van der Waals surface area contributed by atoms with Gasteiger partial charge in [-0.3, -0.25) is 4.79 Å². The zero-order valence-electron chi connectivity index (χ0n) is 9.81. The van der Waals surface area contributed by atoms with Crippen molar-refractivity contribution in [3.63, 3.8) is 0 Å². The van der Waals surface area contributed by atoms with Crippen molar-refractivity contribution in [2.75, 3.05) is 0 Å². The van der Waals surface area contributed by atoms with Gasteiger partial charge in [0.25, 0.3) is 5.91 Å². The molecule has 5 heteroatoms. The Morgan fingerprint density at radius 1 is 1.56 bits per heavy atom. The number of amides is 1. The molecule has 0 aromatic carbocycles. The fourth-order valence-corrected chi connectivity index (χ4v) is 2.06. The number of hydrogen-bond acceptors (Lipinski definition) is 3. The molecule has 1 amide bonds. The lowest BCUT2D eigenvalue weighted by Gasteiger charge is -2.26. The lowest BCUT2D eigenvalue weighted by atomic mass is 9.82. The highest BCUT2D eigenvalue weighted by Gasteiger charge is 2.29. The van der Waals surface area contributed by atoms with Crippen molar-refractivity contribution in [2.45, 2.75) is 45.6 Å². The van der Waals surface area contributed by atoms with Gasteiger partial charge >= 0.3 is 0 Å². The summed E-state index contributed by atoms with van der Waals surface area (Å²) >= 11 is 0. The third kappa shape index (κ3) is 1.94. The Balaban J connectivity index is 2.33. The average Bonchev–Trinajstić information content (AvgIpc) is 2.45. The summed E-state index contributed by atoms with van der Waals surface area (Å²) in [5, 5.41) is 7.96. The Morgan fingerprint density at radius 3 is 2.69 bits per heavy atom. The highest BCUT2D eigenvalue weighted by molar-refractivity contribution is 5.92. The number of nitrogens with zero attached hydrogens (tertiary/aromatic N) is 3. The van der Waals surface area contributed by atoms with E-state index < -0.39 is 5.91 Å². The van der Waals surface area contributed by atoms with Crippen LogP contribution in [0.2, 0.25) is 0 Å². The summed E-state index contributed by atoms with van der Waals surface area (Å²) in [6, 6.07) is 0. The van der Waals surface area contributed by atoms with Crippen molar-refractivity contribution in [1.29, 1.82) is 0 Å². The van der Waals surface area contributed by atoms with Gasteiger partial charge in [0.1, 0.15) is 0 Å². The van der Waals surface area contributed by atoms with Gasteiger partial charge in [-0.1, -0.05) is 25.5 Å². The van der Waals surface area contributed by atoms with Crippen LogP contribution in [-0.2, 0) is 6.54 Å². The van der Waals surface area contributed by atoms with E-state index in [-0.39, 0.29) is 0 Å². The molecule has 16 heavy (non-hydrogen) atoms. The molecule has 1 saturated carbocycles. The van der Waals surface area contributed by atoms with Gasteiger partial charge in [0.05, 0.1) is 5.69 Å². The summed E-state index contributed by atoms with van der Waals surface area (Å²) in [6.45, 7) is 5.04. The molecule has 0 aliphatic heterocycles. The first-order valence-electron chi connectivity index (χ1n) is 5.82. The molecule has 0 radical (unpaired) electrons. The molecule has 0 saturated heterocycles. The maximum Gasteiger partial charge on any atom is 0.271 e. The van der Waals surface area contributed by atoms with E-state index in [2.05, 4.69) is 24.2 Å². The van der Waals surface area contributed by atoms with Gasteiger partial charge in [0, 0.05) is 12.5 Å². The van der Waals surface area contributed by atoms with Crippen LogP contribution < -0.4 is 5.73 Å². The first-order chi connectivity index (χ1) is 7.59. The molecule has 1 aromatic rings. The van der Waals surface area contributed by atoms with Crippen molar-refractivity contribution in [3.05, 3.63) is 11.4 Å². The van der Waals surface area contributed by atoms with Gasteiger partial charge in [0.2, 0.25) is 0 Å². The van der Waals surface area contributed by atoms with E-state index in [1.807, 2.05) is 4.68 Å². The van der Waals surface area contributed by atoms with E-state index >= 15 is 0 Å². The minimum Gasteiger partial charge on any atom is -0.364 e. The van der Waals surface area contributed by atoms with Gasteiger partial charge in [0.15, 0.2) is 5.69 Å². The highest BCUT2D eigenvalue weighted by Crippen LogP contribution is 2.37. The third-order valence-electron chi connectivity index (χ3n) is 3.04. The van der Waals surface area contributed by atoms with Gasteiger partial charge < -0.3 is 5.73 Å². The summed E-state index contributed by atoms with van der Waals surface area (Å²) in [7, 11) is 0. The summed E-state index contributed by atoms with van der Waals surface area (Å²) in [6.07, 6.45) is 3.45. The number of nitrogens with two attached hydrogens (primary N) is 1. The first kappa shape index (κ1) is 11.1. The largest absolute Gasteiger partial charge is 0.364 e. The van der Waals surface area contributed by atoms with E-state index in [1.54, 1.807) is 0 Å². The number of primary amides is 1. The van der Waals surface area contributed by atoms with Gasteiger partial charge in [-0.15, -0.1) is 5.10 Å². The second-order valence-corrected chi connectivity index (χ2v) is 4.89.